The van der Waals surface area contributed by atoms with Crippen molar-refractivity contribution in [2.45, 2.75) is 18.9 Å². The van der Waals surface area contributed by atoms with Gasteiger partial charge in [0.05, 0.1) is 16.7 Å². The minimum atomic E-state index is -0.167. The fourth-order valence-corrected chi connectivity index (χ4v) is 3.07. The summed E-state index contributed by atoms with van der Waals surface area (Å²) in [4.78, 5) is 12.8. The van der Waals surface area contributed by atoms with Crippen molar-refractivity contribution in [3.8, 4) is 5.75 Å². The zero-order valence-corrected chi connectivity index (χ0v) is 13.5. The van der Waals surface area contributed by atoms with Gasteiger partial charge in [0.2, 0.25) is 0 Å². The SMILES string of the molecule is O=C(Nc1cc(Cl)ccc1OC[C@H]1CCCO1)c1cccs1. The molecule has 1 aliphatic heterocycles. The van der Waals surface area contributed by atoms with Crippen LogP contribution in [-0.4, -0.2) is 25.2 Å². The third-order valence-corrected chi connectivity index (χ3v) is 4.49. The lowest BCUT2D eigenvalue weighted by Gasteiger charge is -2.15. The minimum Gasteiger partial charge on any atom is -0.489 e. The highest BCUT2D eigenvalue weighted by atomic mass is 35.5. The number of anilines is 1. The van der Waals surface area contributed by atoms with Crippen LogP contribution in [-0.2, 0) is 4.74 Å². The highest BCUT2D eigenvalue weighted by Crippen LogP contribution is 2.29. The molecule has 0 radical (unpaired) electrons. The lowest BCUT2D eigenvalue weighted by atomic mass is 10.2. The second-order valence-corrected chi connectivity index (χ2v) is 6.40. The smallest absolute Gasteiger partial charge is 0.265 e. The lowest BCUT2D eigenvalue weighted by Crippen LogP contribution is -2.17. The first kappa shape index (κ1) is 15.3. The number of hydrogen-bond donors (Lipinski definition) is 1. The van der Waals surface area contributed by atoms with Crippen LogP contribution in [0.3, 0.4) is 0 Å². The number of amides is 1. The highest BCUT2D eigenvalue weighted by Gasteiger charge is 2.17. The molecule has 2 aromatic rings. The van der Waals surface area contributed by atoms with Gasteiger partial charge in [-0.15, -0.1) is 11.3 Å². The van der Waals surface area contributed by atoms with Crippen molar-refractivity contribution in [1.82, 2.24) is 0 Å². The molecule has 2 heterocycles. The second-order valence-electron chi connectivity index (χ2n) is 5.02. The summed E-state index contributed by atoms with van der Waals surface area (Å²) in [6.07, 6.45) is 2.19. The fraction of sp³-hybridized carbons (Fsp3) is 0.312. The molecule has 6 heteroatoms. The van der Waals surface area contributed by atoms with E-state index in [0.717, 1.165) is 19.4 Å². The molecular formula is C16H16ClNO3S. The van der Waals surface area contributed by atoms with E-state index in [9.17, 15) is 4.79 Å². The van der Waals surface area contributed by atoms with Crippen LogP contribution >= 0.6 is 22.9 Å². The van der Waals surface area contributed by atoms with E-state index in [1.165, 1.54) is 11.3 Å². The monoisotopic (exact) mass is 337 g/mol. The molecule has 1 fully saturated rings. The Balaban J connectivity index is 1.71. The molecule has 0 aliphatic carbocycles. The Morgan fingerprint density at radius 3 is 3.09 bits per heavy atom. The number of hydrogen-bond acceptors (Lipinski definition) is 4. The summed E-state index contributed by atoms with van der Waals surface area (Å²) in [6, 6.07) is 8.82. The van der Waals surface area contributed by atoms with E-state index >= 15 is 0 Å². The Morgan fingerprint density at radius 2 is 2.36 bits per heavy atom. The second kappa shape index (κ2) is 7.13. The van der Waals surface area contributed by atoms with Gasteiger partial charge in [-0.05, 0) is 42.5 Å². The number of ether oxygens (including phenoxy) is 2. The number of carbonyl (C=O) groups excluding carboxylic acids is 1. The molecule has 3 rings (SSSR count). The number of nitrogens with one attached hydrogen (secondary N) is 1. The van der Waals surface area contributed by atoms with Crippen LogP contribution in [0.15, 0.2) is 35.7 Å². The molecule has 0 unspecified atom stereocenters. The standard InChI is InChI=1S/C16H16ClNO3S/c17-11-5-6-14(21-10-12-3-1-7-20-12)13(9-11)18-16(19)15-4-2-8-22-15/h2,4-6,8-9,12H,1,3,7,10H2,(H,18,19)/t12-/m1/s1. The summed E-state index contributed by atoms with van der Waals surface area (Å²) < 4.78 is 11.3. The molecule has 1 atom stereocenters. The van der Waals surface area contributed by atoms with Crippen LogP contribution < -0.4 is 10.1 Å². The molecule has 1 aliphatic rings. The molecule has 1 aromatic heterocycles. The van der Waals surface area contributed by atoms with Crippen molar-refractivity contribution in [2.75, 3.05) is 18.5 Å². The maximum Gasteiger partial charge on any atom is 0.265 e. The molecule has 1 amide bonds. The van der Waals surface area contributed by atoms with Crippen LogP contribution in [0.1, 0.15) is 22.5 Å². The first-order valence-electron chi connectivity index (χ1n) is 7.11. The molecule has 116 valence electrons. The van der Waals surface area contributed by atoms with Crippen LogP contribution in [0, 0.1) is 0 Å². The quantitative estimate of drug-likeness (QED) is 0.889. The average molecular weight is 338 g/mol. The summed E-state index contributed by atoms with van der Waals surface area (Å²) >= 11 is 7.41. The largest absolute Gasteiger partial charge is 0.489 e. The van der Waals surface area contributed by atoms with Crippen LogP contribution in [0.5, 0.6) is 5.75 Å². The zero-order valence-electron chi connectivity index (χ0n) is 11.9. The molecule has 22 heavy (non-hydrogen) atoms. The lowest BCUT2D eigenvalue weighted by molar-refractivity contribution is 0.0682. The Labute approximate surface area is 138 Å². The van der Waals surface area contributed by atoms with Gasteiger partial charge in [-0.25, -0.2) is 0 Å². The van der Waals surface area contributed by atoms with Gasteiger partial charge in [-0.1, -0.05) is 17.7 Å². The van der Waals surface area contributed by atoms with Crippen molar-refractivity contribution in [3.63, 3.8) is 0 Å². The van der Waals surface area contributed by atoms with Crippen LogP contribution in [0.25, 0.3) is 0 Å². The number of rotatable bonds is 5. The summed E-state index contributed by atoms with van der Waals surface area (Å²) in [5.41, 5.74) is 0.573. The van der Waals surface area contributed by atoms with Gasteiger partial charge in [0.15, 0.2) is 0 Å². The van der Waals surface area contributed by atoms with Gasteiger partial charge in [0, 0.05) is 11.6 Å². The van der Waals surface area contributed by atoms with E-state index in [-0.39, 0.29) is 12.0 Å². The molecule has 4 nitrogen and oxygen atoms in total. The van der Waals surface area contributed by atoms with Gasteiger partial charge >= 0.3 is 0 Å². The molecule has 0 spiro atoms. The normalized spacial score (nSPS) is 17.4. The van der Waals surface area contributed by atoms with Crippen molar-refractivity contribution in [2.24, 2.45) is 0 Å². The van der Waals surface area contributed by atoms with E-state index in [2.05, 4.69) is 5.32 Å². The number of thiophene rings is 1. The van der Waals surface area contributed by atoms with Gasteiger partial charge in [0.25, 0.3) is 5.91 Å². The first-order valence-corrected chi connectivity index (χ1v) is 8.37. The van der Waals surface area contributed by atoms with E-state index < -0.39 is 0 Å². The topological polar surface area (TPSA) is 47.6 Å². The maximum absolute atomic E-state index is 12.2. The van der Waals surface area contributed by atoms with E-state index in [1.54, 1.807) is 24.3 Å². The molecule has 0 saturated carbocycles. The summed E-state index contributed by atoms with van der Waals surface area (Å²) in [6.45, 7) is 1.26. The highest BCUT2D eigenvalue weighted by molar-refractivity contribution is 7.12. The minimum absolute atomic E-state index is 0.122. The van der Waals surface area contributed by atoms with E-state index in [0.29, 0.717) is 27.9 Å². The fourth-order valence-electron chi connectivity index (χ4n) is 2.28. The van der Waals surface area contributed by atoms with Crippen molar-refractivity contribution >= 4 is 34.5 Å². The Kier molecular flexibility index (Phi) is 4.97. The Hall–Kier alpha value is -1.56. The molecule has 1 saturated heterocycles. The number of carbonyl (C=O) groups is 1. The Morgan fingerprint density at radius 1 is 1.45 bits per heavy atom. The Bertz CT molecular complexity index is 639. The van der Waals surface area contributed by atoms with Crippen LogP contribution in [0.4, 0.5) is 5.69 Å². The van der Waals surface area contributed by atoms with Gasteiger partial charge < -0.3 is 14.8 Å². The average Bonchev–Trinajstić information content (AvgIpc) is 3.20. The zero-order chi connectivity index (χ0) is 15.4. The summed E-state index contributed by atoms with van der Waals surface area (Å²) in [5, 5.41) is 5.26. The molecular weight excluding hydrogens is 322 g/mol. The predicted octanol–water partition coefficient (Wildman–Crippen LogP) is 4.21. The van der Waals surface area contributed by atoms with Gasteiger partial charge in [-0.2, -0.15) is 0 Å². The molecule has 0 bridgehead atoms. The van der Waals surface area contributed by atoms with Crippen LogP contribution in [0.2, 0.25) is 5.02 Å². The number of halogens is 1. The summed E-state index contributed by atoms with van der Waals surface area (Å²) in [5.74, 6) is 0.434. The summed E-state index contributed by atoms with van der Waals surface area (Å²) in [7, 11) is 0. The van der Waals surface area contributed by atoms with Crippen molar-refractivity contribution in [1.29, 1.82) is 0 Å². The third-order valence-electron chi connectivity index (χ3n) is 3.38. The predicted molar refractivity (Wildman–Crippen MR) is 88.2 cm³/mol. The first-order chi connectivity index (χ1) is 10.7. The van der Waals surface area contributed by atoms with Gasteiger partial charge in [0.1, 0.15) is 12.4 Å². The third kappa shape index (κ3) is 3.80. The van der Waals surface area contributed by atoms with E-state index in [4.69, 9.17) is 21.1 Å². The maximum atomic E-state index is 12.2. The van der Waals surface area contributed by atoms with E-state index in [1.807, 2.05) is 11.4 Å². The number of benzene rings is 1. The molecule has 1 aromatic carbocycles. The van der Waals surface area contributed by atoms with Crippen molar-refractivity contribution in [3.05, 3.63) is 45.6 Å². The molecule has 1 N–H and O–H groups in total. The van der Waals surface area contributed by atoms with Crippen molar-refractivity contribution < 1.29 is 14.3 Å². The van der Waals surface area contributed by atoms with Gasteiger partial charge in [-0.3, -0.25) is 4.79 Å².